The van der Waals surface area contributed by atoms with Crippen molar-refractivity contribution >= 4 is 17.2 Å². The number of ether oxygens (including phenoxy) is 2. The Hall–Kier alpha value is -3.88. The van der Waals surface area contributed by atoms with E-state index in [2.05, 4.69) is 57.9 Å². The number of halogens is 4. The number of benzene rings is 3. The fraction of sp³-hybridized carbons (Fsp3) is 0.500. The Bertz CT molecular complexity index is 2170. The fourth-order valence-corrected chi connectivity index (χ4v) is 9.21. The van der Waals surface area contributed by atoms with Crippen LogP contribution >= 0.6 is 0 Å². The second-order valence-corrected chi connectivity index (χ2v) is 16.6. The van der Waals surface area contributed by atoms with Crippen LogP contribution in [-0.2, 0) is 21.0 Å². The van der Waals surface area contributed by atoms with Crippen molar-refractivity contribution in [2.45, 2.75) is 96.3 Å². The number of nitrogens with zero attached hydrogens (tertiary/aromatic N) is 2. The molecule has 0 bridgehead atoms. The smallest absolute Gasteiger partial charge is 0.341 e. The van der Waals surface area contributed by atoms with Gasteiger partial charge in [0.1, 0.15) is 30.2 Å². The highest BCUT2D eigenvalue weighted by atomic mass is 19.2. The van der Waals surface area contributed by atoms with Crippen LogP contribution in [0.2, 0.25) is 0 Å². The average molecular weight is 676 g/mol. The molecule has 5 nitrogen and oxygen atoms in total. The van der Waals surface area contributed by atoms with Gasteiger partial charge in [-0.15, -0.1) is 0 Å². The standard InChI is InChI=1S/C40H43F4N2O3/c1-19-9-13-45-15-11-39(4,5)27-33(45)20(19)17-21-24(25-26(37(47)48-8)30(42)32(44)31(43)29(25)41)22-18-23-34-28(36(22)49-35(21)27)40(6,7)12-16-46(34)14-10-38(23,2)3/h17-19H,9-16H2,1-8H3/q+1. The van der Waals surface area contributed by atoms with Gasteiger partial charge >= 0.3 is 5.97 Å². The summed E-state index contributed by atoms with van der Waals surface area (Å²) in [6.45, 7) is 18.6. The van der Waals surface area contributed by atoms with Crippen LogP contribution in [-0.4, -0.2) is 39.3 Å². The van der Waals surface area contributed by atoms with Gasteiger partial charge in [0.15, 0.2) is 23.3 Å². The van der Waals surface area contributed by atoms with Crippen LogP contribution < -0.4 is 24.8 Å². The highest BCUT2D eigenvalue weighted by molar-refractivity contribution is 6.00. The lowest BCUT2D eigenvalue weighted by Gasteiger charge is -2.49. The molecule has 258 valence electrons. The topological polar surface area (TPSA) is 41.8 Å². The van der Waals surface area contributed by atoms with Crippen molar-refractivity contribution < 1.29 is 31.8 Å². The molecule has 9 heteroatoms. The molecule has 0 aliphatic carbocycles. The van der Waals surface area contributed by atoms with Gasteiger partial charge in [-0.3, -0.25) is 0 Å². The van der Waals surface area contributed by atoms with Gasteiger partial charge in [0.05, 0.1) is 12.7 Å². The second-order valence-electron chi connectivity index (χ2n) is 16.6. The van der Waals surface area contributed by atoms with Crippen molar-refractivity contribution in [3.05, 3.63) is 84.9 Å². The van der Waals surface area contributed by atoms with Crippen molar-refractivity contribution in [3.8, 4) is 11.5 Å². The molecular formula is C40H43F4N2O3+. The van der Waals surface area contributed by atoms with Crippen LogP contribution in [0.5, 0.6) is 11.5 Å². The molecule has 5 aliphatic heterocycles. The van der Waals surface area contributed by atoms with Gasteiger partial charge < -0.3 is 14.4 Å². The van der Waals surface area contributed by atoms with Gasteiger partial charge in [-0.25, -0.2) is 26.9 Å². The van der Waals surface area contributed by atoms with E-state index in [4.69, 9.17) is 9.47 Å². The SMILES string of the molecule is COC(=O)c1c(F)c(F)c(F)c(F)c1C1=c2cc3c4c(c2Oc2c1cc1c5c2C(C)(C)CCN5CCC1(C)C)C(C)(C)CC[N+]=4CCC3C. The first kappa shape index (κ1) is 32.3. The average Bonchev–Trinajstić information content (AvgIpc) is 3.05. The molecule has 49 heavy (non-hydrogen) atoms. The van der Waals surface area contributed by atoms with E-state index in [1.54, 1.807) is 0 Å². The summed E-state index contributed by atoms with van der Waals surface area (Å²) >= 11 is 0. The van der Waals surface area contributed by atoms with Gasteiger partial charge in [0, 0.05) is 70.1 Å². The zero-order valence-electron chi connectivity index (χ0n) is 29.5. The van der Waals surface area contributed by atoms with E-state index in [1.807, 2.05) is 12.1 Å². The molecule has 0 spiro atoms. The zero-order chi connectivity index (χ0) is 35.1. The molecule has 1 atom stereocenters. The zero-order valence-corrected chi connectivity index (χ0v) is 29.5. The number of hydrogen-bond donors (Lipinski definition) is 0. The second kappa shape index (κ2) is 10.3. The summed E-state index contributed by atoms with van der Waals surface area (Å²) < 4.78 is 77.5. The van der Waals surface area contributed by atoms with Gasteiger partial charge in [0.25, 0.3) is 0 Å². The lowest BCUT2D eigenvalue weighted by atomic mass is 9.67. The molecule has 0 radical (unpaired) electrons. The summed E-state index contributed by atoms with van der Waals surface area (Å²) in [5, 5.41) is 1.53. The fourth-order valence-electron chi connectivity index (χ4n) is 9.21. The van der Waals surface area contributed by atoms with Crippen LogP contribution in [0.4, 0.5) is 23.2 Å². The maximum absolute atomic E-state index is 16.6. The van der Waals surface area contributed by atoms with E-state index < -0.39 is 40.4 Å². The van der Waals surface area contributed by atoms with E-state index in [-0.39, 0.29) is 27.7 Å². The summed E-state index contributed by atoms with van der Waals surface area (Å²) in [6.07, 6.45) is 3.43. The van der Waals surface area contributed by atoms with Crippen molar-refractivity contribution in [1.82, 2.24) is 4.58 Å². The Morgan fingerprint density at radius 3 is 2.20 bits per heavy atom. The molecule has 8 rings (SSSR count). The third-order valence-electron chi connectivity index (χ3n) is 12.3. The van der Waals surface area contributed by atoms with Crippen molar-refractivity contribution in [3.63, 3.8) is 0 Å². The number of esters is 1. The molecule has 0 aromatic heterocycles. The highest BCUT2D eigenvalue weighted by Gasteiger charge is 2.47. The number of carbonyl (C=O) groups is 1. The van der Waals surface area contributed by atoms with Crippen molar-refractivity contribution in [1.29, 1.82) is 0 Å². The first-order valence-electron chi connectivity index (χ1n) is 17.4. The van der Waals surface area contributed by atoms with Crippen LogP contribution in [0.25, 0.3) is 5.57 Å². The molecule has 0 N–H and O–H groups in total. The molecule has 1 unspecified atom stereocenters. The van der Waals surface area contributed by atoms with Gasteiger partial charge in [-0.1, -0.05) is 48.5 Å². The van der Waals surface area contributed by atoms with Gasteiger partial charge in [-0.05, 0) is 47.3 Å². The molecular weight excluding hydrogens is 632 g/mol. The molecule has 3 aromatic carbocycles. The number of methoxy groups -OCH3 is 1. The van der Waals surface area contributed by atoms with E-state index in [9.17, 15) is 9.18 Å². The predicted molar refractivity (Wildman–Crippen MR) is 181 cm³/mol. The van der Waals surface area contributed by atoms with E-state index in [1.165, 1.54) is 0 Å². The normalized spacial score (nSPS) is 22.0. The molecule has 0 amide bonds. The Labute approximate surface area is 284 Å². The highest BCUT2D eigenvalue weighted by Crippen LogP contribution is 2.57. The number of fused-ring (bicyclic) bond motifs is 4. The molecule has 5 aliphatic rings. The summed E-state index contributed by atoms with van der Waals surface area (Å²) in [4.78, 5) is 15.7. The Morgan fingerprint density at radius 2 is 1.51 bits per heavy atom. The molecule has 0 fully saturated rings. The van der Waals surface area contributed by atoms with Crippen LogP contribution in [0, 0.1) is 23.3 Å². The minimum absolute atomic E-state index is 0.116. The summed E-state index contributed by atoms with van der Waals surface area (Å²) in [7, 11) is 1.01. The quantitative estimate of drug-likeness (QED) is 0.0740. The lowest BCUT2D eigenvalue weighted by molar-refractivity contribution is 0.0592. The number of anilines is 1. The van der Waals surface area contributed by atoms with Crippen molar-refractivity contribution in [2.24, 2.45) is 0 Å². The largest absolute Gasteiger partial charge is 0.465 e. The van der Waals surface area contributed by atoms with Crippen LogP contribution in [0.1, 0.15) is 124 Å². The van der Waals surface area contributed by atoms with E-state index in [0.717, 1.165) is 92.3 Å². The lowest BCUT2D eigenvalue weighted by Crippen LogP contribution is -2.51. The number of rotatable bonds is 2. The van der Waals surface area contributed by atoms with Crippen LogP contribution in [0.3, 0.4) is 0 Å². The minimum atomic E-state index is -2.06. The number of carbonyl (C=O) groups excluding carboxylic acids is 1. The van der Waals surface area contributed by atoms with E-state index >= 15 is 13.2 Å². The molecule has 0 saturated carbocycles. The van der Waals surface area contributed by atoms with Crippen LogP contribution in [0.15, 0.2) is 12.1 Å². The Kier molecular flexibility index (Phi) is 6.82. The minimum Gasteiger partial charge on any atom is -0.465 e. The first-order chi connectivity index (χ1) is 23.0. The summed E-state index contributed by atoms with van der Waals surface area (Å²) in [5.74, 6) is -7.64. The molecule has 0 saturated heterocycles. The van der Waals surface area contributed by atoms with E-state index in [0.29, 0.717) is 22.3 Å². The Morgan fingerprint density at radius 1 is 0.857 bits per heavy atom. The third kappa shape index (κ3) is 4.29. The predicted octanol–water partition coefficient (Wildman–Crippen LogP) is 7.23. The monoisotopic (exact) mass is 675 g/mol. The summed E-state index contributed by atoms with van der Waals surface area (Å²) in [5.41, 5.74) is 2.92. The molecule has 5 heterocycles. The first-order valence-corrected chi connectivity index (χ1v) is 17.4. The van der Waals surface area contributed by atoms with Crippen molar-refractivity contribution in [2.75, 3.05) is 38.2 Å². The van der Waals surface area contributed by atoms with Gasteiger partial charge in [-0.2, -0.15) is 0 Å². The van der Waals surface area contributed by atoms with Gasteiger partial charge in [0.2, 0.25) is 5.36 Å². The third-order valence-corrected chi connectivity index (χ3v) is 12.3. The maximum atomic E-state index is 16.6. The molecule has 3 aromatic rings. The maximum Gasteiger partial charge on any atom is 0.341 e. The Balaban J connectivity index is 1.67. The summed E-state index contributed by atoms with van der Waals surface area (Å²) in [6, 6.07) is 3.92. The number of hydrogen-bond acceptors (Lipinski definition) is 4.